The second kappa shape index (κ2) is 5.76. The average molecular weight is 309 g/mol. The molecule has 0 atom stereocenters. The third kappa shape index (κ3) is 2.77. The molecule has 0 fully saturated rings. The Morgan fingerprint density at radius 1 is 1.09 bits per heavy atom. The minimum atomic E-state index is -0.804. The Morgan fingerprint density at radius 3 is 2.39 bits per heavy atom. The van der Waals surface area contributed by atoms with Crippen LogP contribution in [0.15, 0.2) is 55.0 Å². The van der Waals surface area contributed by atoms with Crippen LogP contribution in [0.2, 0.25) is 0 Å². The molecule has 1 N–H and O–H groups in total. The van der Waals surface area contributed by atoms with Gasteiger partial charge in [0.25, 0.3) is 0 Å². The Bertz CT molecular complexity index is 823. The van der Waals surface area contributed by atoms with Crippen molar-refractivity contribution < 1.29 is 9.18 Å². The van der Waals surface area contributed by atoms with E-state index in [2.05, 4.69) is 15.2 Å². The number of benzene rings is 1. The first-order chi connectivity index (χ1) is 11.0. The largest absolute Gasteiger partial charge is 0.291 e. The molecule has 0 aliphatic heterocycles. The van der Waals surface area contributed by atoms with E-state index in [4.69, 9.17) is 0 Å². The van der Waals surface area contributed by atoms with Crippen LogP contribution in [0, 0.1) is 5.82 Å². The van der Waals surface area contributed by atoms with Gasteiger partial charge in [-0.3, -0.25) is 14.9 Å². The molecular formula is C18H16FN3O. The summed E-state index contributed by atoms with van der Waals surface area (Å²) in [5.74, 6) is -0.426. The second-order valence-corrected chi connectivity index (χ2v) is 5.86. The van der Waals surface area contributed by atoms with Gasteiger partial charge in [0.1, 0.15) is 11.5 Å². The molecule has 2 aromatic heterocycles. The summed E-state index contributed by atoms with van der Waals surface area (Å²) in [7, 11) is 0. The molecule has 116 valence electrons. The normalized spacial score (nSPS) is 11.4. The van der Waals surface area contributed by atoms with E-state index in [9.17, 15) is 9.18 Å². The Morgan fingerprint density at radius 2 is 1.74 bits per heavy atom. The molecule has 3 rings (SSSR count). The Kier molecular flexibility index (Phi) is 3.78. The van der Waals surface area contributed by atoms with Crippen molar-refractivity contribution >= 4 is 5.78 Å². The van der Waals surface area contributed by atoms with Crippen molar-refractivity contribution in [2.45, 2.75) is 19.3 Å². The van der Waals surface area contributed by atoms with E-state index >= 15 is 0 Å². The maximum absolute atomic E-state index is 13.1. The summed E-state index contributed by atoms with van der Waals surface area (Å²) in [5.41, 5.74) is 1.98. The lowest BCUT2D eigenvalue weighted by Gasteiger charge is -2.23. The van der Waals surface area contributed by atoms with Gasteiger partial charge in [-0.25, -0.2) is 4.39 Å². The lowest BCUT2D eigenvalue weighted by molar-refractivity contribution is 0.0904. The summed E-state index contributed by atoms with van der Waals surface area (Å²) in [4.78, 5) is 17.0. The standard InChI is InChI=1S/C18H16FN3O/c1-18(2,13-3-5-14(19)6-4-13)17(23)16-15(11-21-22-16)12-7-9-20-10-8-12/h3-11H,1-2H3,(H,21,22). The van der Waals surface area contributed by atoms with E-state index in [0.717, 1.165) is 16.7 Å². The van der Waals surface area contributed by atoms with Gasteiger partial charge in [0.15, 0.2) is 5.78 Å². The number of nitrogens with zero attached hydrogens (tertiary/aromatic N) is 2. The molecule has 0 spiro atoms. The molecular weight excluding hydrogens is 293 g/mol. The minimum Gasteiger partial charge on any atom is -0.291 e. The molecule has 0 saturated heterocycles. The van der Waals surface area contributed by atoms with Crippen LogP contribution in [0.1, 0.15) is 29.9 Å². The Hall–Kier alpha value is -2.82. The third-order valence-electron chi connectivity index (χ3n) is 3.99. The number of pyridine rings is 1. The number of Topliss-reactive ketones (excluding diaryl/α,β-unsaturated/α-hetero) is 1. The lowest BCUT2D eigenvalue weighted by Crippen LogP contribution is -2.29. The number of rotatable bonds is 4. The van der Waals surface area contributed by atoms with Gasteiger partial charge in [-0.2, -0.15) is 5.10 Å². The summed E-state index contributed by atoms with van der Waals surface area (Å²) in [6, 6.07) is 9.65. The first kappa shape index (κ1) is 15.1. The number of ketones is 1. The molecule has 0 bridgehead atoms. The van der Waals surface area contributed by atoms with Crippen molar-refractivity contribution in [1.29, 1.82) is 0 Å². The highest BCUT2D eigenvalue weighted by molar-refractivity contribution is 6.06. The number of aromatic amines is 1. The van der Waals surface area contributed by atoms with Gasteiger partial charge in [-0.15, -0.1) is 0 Å². The highest BCUT2D eigenvalue weighted by Gasteiger charge is 2.33. The van der Waals surface area contributed by atoms with Crippen LogP contribution in [0.4, 0.5) is 4.39 Å². The van der Waals surface area contributed by atoms with Crippen molar-refractivity contribution in [2.75, 3.05) is 0 Å². The molecule has 23 heavy (non-hydrogen) atoms. The summed E-state index contributed by atoms with van der Waals surface area (Å²) >= 11 is 0. The van der Waals surface area contributed by atoms with Gasteiger partial charge in [-0.05, 0) is 49.2 Å². The number of aromatic nitrogens is 3. The number of carbonyl (C=O) groups excluding carboxylic acids is 1. The maximum atomic E-state index is 13.1. The van der Waals surface area contributed by atoms with E-state index in [0.29, 0.717) is 5.69 Å². The van der Waals surface area contributed by atoms with Crippen LogP contribution in [-0.4, -0.2) is 21.0 Å². The molecule has 0 aliphatic carbocycles. The van der Waals surface area contributed by atoms with Crippen molar-refractivity contribution in [3.8, 4) is 11.1 Å². The fourth-order valence-electron chi connectivity index (χ4n) is 2.52. The summed E-state index contributed by atoms with van der Waals surface area (Å²) in [6.45, 7) is 3.64. The van der Waals surface area contributed by atoms with E-state index < -0.39 is 5.41 Å². The Balaban J connectivity index is 2.01. The molecule has 2 heterocycles. The van der Waals surface area contributed by atoms with Crippen molar-refractivity contribution in [1.82, 2.24) is 15.2 Å². The van der Waals surface area contributed by atoms with Gasteiger partial charge in [-0.1, -0.05) is 12.1 Å². The summed E-state index contributed by atoms with van der Waals surface area (Å²) in [5, 5.41) is 6.81. The molecule has 0 aliphatic rings. The molecule has 0 unspecified atom stereocenters. The molecule has 4 nitrogen and oxygen atoms in total. The van der Waals surface area contributed by atoms with Crippen LogP contribution in [0.25, 0.3) is 11.1 Å². The van der Waals surface area contributed by atoms with E-state index in [1.54, 1.807) is 30.7 Å². The third-order valence-corrected chi connectivity index (χ3v) is 3.99. The highest BCUT2D eigenvalue weighted by Crippen LogP contribution is 2.31. The van der Waals surface area contributed by atoms with Gasteiger partial charge < -0.3 is 0 Å². The second-order valence-electron chi connectivity index (χ2n) is 5.86. The summed E-state index contributed by atoms with van der Waals surface area (Å²) in [6.07, 6.45) is 4.96. The molecule has 1 aromatic carbocycles. The topological polar surface area (TPSA) is 58.6 Å². The lowest BCUT2D eigenvalue weighted by atomic mass is 9.78. The average Bonchev–Trinajstić information content (AvgIpc) is 3.04. The zero-order chi connectivity index (χ0) is 16.4. The van der Waals surface area contributed by atoms with Crippen LogP contribution in [-0.2, 0) is 5.41 Å². The van der Waals surface area contributed by atoms with E-state index in [1.165, 1.54) is 12.1 Å². The van der Waals surface area contributed by atoms with Crippen LogP contribution in [0.5, 0.6) is 0 Å². The predicted octanol–water partition coefficient (Wildman–Crippen LogP) is 3.77. The molecule has 3 aromatic rings. The Labute approximate surface area is 133 Å². The molecule has 0 amide bonds. The van der Waals surface area contributed by atoms with Crippen LogP contribution < -0.4 is 0 Å². The first-order valence-electron chi connectivity index (χ1n) is 7.25. The number of hydrogen-bond acceptors (Lipinski definition) is 3. The van der Waals surface area contributed by atoms with Gasteiger partial charge in [0, 0.05) is 18.0 Å². The quantitative estimate of drug-likeness (QED) is 0.746. The van der Waals surface area contributed by atoms with E-state index in [1.807, 2.05) is 26.0 Å². The van der Waals surface area contributed by atoms with Crippen LogP contribution >= 0.6 is 0 Å². The minimum absolute atomic E-state index is 0.103. The maximum Gasteiger partial charge on any atom is 0.191 e. The zero-order valence-electron chi connectivity index (χ0n) is 12.9. The number of nitrogens with one attached hydrogen (secondary N) is 1. The van der Waals surface area contributed by atoms with Gasteiger partial charge >= 0.3 is 0 Å². The highest BCUT2D eigenvalue weighted by atomic mass is 19.1. The van der Waals surface area contributed by atoms with Crippen molar-refractivity contribution in [3.05, 3.63) is 72.1 Å². The fraction of sp³-hybridized carbons (Fsp3) is 0.167. The van der Waals surface area contributed by atoms with Crippen molar-refractivity contribution in [2.24, 2.45) is 0 Å². The number of hydrogen-bond donors (Lipinski definition) is 1. The van der Waals surface area contributed by atoms with Gasteiger partial charge in [0.05, 0.1) is 11.6 Å². The van der Waals surface area contributed by atoms with Crippen LogP contribution in [0.3, 0.4) is 0 Å². The SMILES string of the molecule is CC(C)(C(=O)c1[nH]ncc1-c1ccncc1)c1ccc(F)cc1. The molecule has 0 radical (unpaired) electrons. The fourth-order valence-corrected chi connectivity index (χ4v) is 2.52. The monoisotopic (exact) mass is 309 g/mol. The van der Waals surface area contributed by atoms with Gasteiger partial charge in [0.2, 0.25) is 0 Å². The zero-order valence-corrected chi connectivity index (χ0v) is 12.9. The first-order valence-corrected chi connectivity index (χ1v) is 7.25. The number of halogens is 1. The number of H-pyrrole nitrogens is 1. The molecule has 5 heteroatoms. The summed E-state index contributed by atoms with van der Waals surface area (Å²) < 4.78 is 13.1. The smallest absolute Gasteiger partial charge is 0.191 e. The van der Waals surface area contributed by atoms with Crippen molar-refractivity contribution in [3.63, 3.8) is 0 Å². The predicted molar refractivity (Wildman–Crippen MR) is 85.6 cm³/mol. The number of carbonyl (C=O) groups is 1. The molecule has 0 saturated carbocycles. The van der Waals surface area contributed by atoms with E-state index in [-0.39, 0.29) is 11.6 Å².